The summed E-state index contributed by atoms with van der Waals surface area (Å²) in [7, 11) is 0. The van der Waals surface area contributed by atoms with Crippen LogP contribution in [0.15, 0.2) is 53.1 Å². The lowest BCUT2D eigenvalue weighted by atomic mass is 9.84. The van der Waals surface area contributed by atoms with E-state index < -0.39 is 23.4 Å². The Bertz CT molecular complexity index is 1380. The number of alkyl carbamates (subject to hydrolysis) is 1. The Labute approximate surface area is 256 Å². The summed E-state index contributed by atoms with van der Waals surface area (Å²) in [6.45, 7) is 5.48. The SMILES string of the molecule is CC(C)(C)OC(=O)NC(=N)CC1CCCC(c2nc(-c3ccc(OCCCc4ccccc4)c(C(F)(F)F)c3)no2)CCC1. The maximum Gasteiger partial charge on any atom is 0.419 e. The third-order valence-corrected chi connectivity index (χ3v) is 7.52. The number of halogens is 3. The van der Waals surface area contributed by atoms with Gasteiger partial charge in [0.05, 0.1) is 12.2 Å². The fraction of sp³-hybridized carbons (Fsp3) is 0.515. The molecule has 0 saturated heterocycles. The smallest absolute Gasteiger partial charge is 0.419 e. The molecule has 1 aliphatic carbocycles. The van der Waals surface area contributed by atoms with E-state index in [0.29, 0.717) is 25.2 Å². The Morgan fingerprint density at radius 1 is 1.05 bits per heavy atom. The Balaban J connectivity index is 1.32. The molecule has 1 aromatic heterocycles. The largest absolute Gasteiger partial charge is 0.493 e. The summed E-state index contributed by atoms with van der Waals surface area (Å²) in [6, 6.07) is 13.6. The van der Waals surface area contributed by atoms with Crippen molar-refractivity contribution in [3.63, 3.8) is 0 Å². The number of amidine groups is 1. The number of carbonyl (C=O) groups excluding carboxylic acids is 1. The van der Waals surface area contributed by atoms with Gasteiger partial charge in [-0.15, -0.1) is 0 Å². The fourth-order valence-corrected chi connectivity index (χ4v) is 5.45. The lowest BCUT2D eigenvalue weighted by Crippen LogP contribution is -2.36. The third kappa shape index (κ3) is 10.1. The van der Waals surface area contributed by atoms with Gasteiger partial charge >= 0.3 is 12.3 Å². The van der Waals surface area contributed by atoms with Gasteiger partial charge in [0.25, 0.3) is 0 Å². The molecular formula is C33H41F3N4O4. The first kappa shape index (κ1) is 33.0. The standard InChI is InChI=1S/C33H41F3N4O4/c1-32(2,3)43-31(41)38-28(37)20-23-12-7-15-24(16-8-13-23)30-39-29(40-44-30)25-17-18-27(26(21-25)33(34,35)36)42-19-9-14-22-10-5-4-6-11-22/h4-6,10-11,17-18,21,23-24H,7-9,12-16,19-20H2,1-3H3,(H2,37,38,41). The molecule has 1 saturated carbocycles. The molecule has 11 heteroatoms. The van der Waals surface area contributed by atoms with Gasteiger partial charge in [-0.3, -0.25) is 10.7 Å². The minimum absolute atomic E-state index is 0.00541. The van der Waals surface area contributed by atoms with Gasteiger partial charge in [-0.1, -0.05) is 48.3 Å². The first-order valence-corrected chi connectivity index (χ1v) is 15.2. The molecule has 0 radical (unpaired) electrons. The lowest BCUT2D eigenvalue weighted by molar-refractivity contribution is -0.138. The second-order valence-electron chi connectivity index (χ2n) is 12.3. The van der Waals surface area contributed by atoms with Gasteiger partial charge in [-0.05, 0) is 89.0 Å². The van der Waals surface area contributed by atoms with Crippen molar-refractivity contribution >= 4 is 11.9 Å². The summed E-state index contributed by atoms with van der Waals surface area (Å²) in [4.78, 5) is 16.4. The minimum atomic E-state index is -4.60. The van der Waals surface area contributed by atoms with Crippen LogP contribution in [0, 0.1) is 11.3 Å². The van der Waals surface area contributed by atoms with Gasteiger partial charge in [0, 0.05) is 17.9 Å². The van der Waals surface area contributed by atoms with Crippen LogP contribution in [-0.2, 0) is 17.3 Å². The van der Waals surface area contributed by atoms with Crippen molar-refractivity contribution in [2.75, 3.05) is 6.61 Å². The van der Waals surface area contributed by atoms with Crippen LogP contribution in [0.3, 0.4) is 0 Å². The molecule has 8 nitrogen and oxygen atoms in total. The summed E-state index contributed by atoms with van der Waals surface area (Å²) in [5, 5.41) is 14.7. The van der Waals surface area contributed by atoms with E-state index in [1.165, 1.54) is 12.1 Å². The fourth-order valence-electron chi connectivity index (χ4n) is 5.45. The van der Waals surface area contributed by atoms with E-state index in [2.05, 4.69) is 15.5 Å². The lowest BCUT2D eigenvalue weighted by Gasteiger charge is -2.24. The highest BCUT2D eigenvalue weighted by Crippen LogP contribution is 2.39. The van der Waals surface area contributed by atoms with Crippen LogP contribution >= 0.6 is 0 Å². The predicted octanol–water partition coefficient (Wildman–Crippen LogP) is 8.71. The molecule has 44 heavy (non-hydrogen) atoms. The summed E-state index contributed by atoms with van der Waals surface area (Å²) >= 11 is 0. The minimum Gasteiger partial charge on any atom is -0.493 e. The Kier molecular flexibility index (Phi) is 11.0. The zero-order valence-corrected chi connectivity index (χ0v) is 25.5. The molecule has 0 atom stereocenters. The van der Waals surface area contributed by atoms with Crippen LogP contribution < -0.4 is 10.1 Å². The molecule has 238 valence electrons. The third-order valence-electron chi connectivity index (χ3n) is 7.52. The summed E-state index contributed by atoms with van der Waals surface area (Å²) < 4.78 is 58.2. The Hall–Kier alpha value is -3.89. The van der Waals surface area contributed by atoms with E-state index >= 15 is 0 Å². The number of nitrogens with one attached hydrogen (secondary N) is 2. The van der Waals surface area contributed by atoms with E-state index in [-0.39, 0.29) is 41.4 Å². The molecule has 2 N–H and O–H groups in total. The number of nitrogens with zero attached hydrogens (tertiary/aromatic N) is 2. The molecule has 4 rings (SSSR count). The molecule has 2 aromatic carbocycles. The molecule has 1 fully saturated rings. The van der Waals surface area contributed by atoms with E-state index in [4.69, 9.17) is 19.4 Å². The highest BCUT2D eigenvalue weighted by atomic mass is 19.4. The van der Waals surface area contributed by atoms with E-state index in [1.807, 2.05) is 30.3 Å². The van der Waals surface area contributed by atoms with Crippen LogP contribution in [0.25, 0.3) is 11.4 Å². The van der Waals surface area contributed by atoms with Crippen molar-refractivity contribution in [1.29, 1.82) is 5.41 Å². The van der Waals surface area contributed by atoms with Crippen LogP contribution in [0.1, 0.15) is 95.1 Å². The maximum absolute atomic E-state index is 14.0. The van der Waals surface area contributed by atoms with Crippen molar-refractivity contribution < 1.29 is 32.0 Å². The molecule has 0 unspecified atom stereocenters. The number of aromatic nitrogens is 2. The molecule has 1 heterocycles. The normalized spacial score (nSPS) is 17.8. The van der Waals surface area contributed by atoms with Crippen LogP contribution in [0.4, 0.5) is 18.0 Å². The number of hydrogen-bond donors (Lipinski definition) is 2. The van der Waals surface area contributed by atoms with Gasteiger partial charge < -0.3 is 14.0 Å². The molecular weight excluding hydrogens is 573 g/mol. The van der Waals surface area contributed by atoms with Gasteiger partial charge in [0.15, 0.2) is 0 Å². The number of amides is 1. The molecule has 0 aliphatic heterocycles. The van der Waals surface area contributed by atoms with Crippen molar-refractivity contribution in [2.24, 2.45) is 5.92 Å². The first-order valence-electron chi connectivity index (χ1n) is 15.2. The number of hydrogen-bond acceptors (Lipinski definition) is 7. The van der Waals surface area contributed by atoms with E-state index in [1.54, 1.807) is 20.8 Å². The zero-order chi connectivity index (χ0) is 31.7. The van der Waals surface area contributed by atoms with Crippen LogP contribution in [0.5, 0.6) is 5.75 Å². The number of alkyl halides is 3. The number of rotatable bonds is 9. The van der Waals surface area contributed by atoms with E-state index in [9.17, 15) is 18.0 Å². The van der Waals surface area contributed by atoms with E-state index in [0.717, 1.165) is 50.2 Å². The molecule has 0 bridgehead atoms. The predicted molar refractivity (Wildman–Crippen MR) is 161 cm³/mol. The zero-order valence-electron chi connectivity index (χ0n) is 25.5. The highest BCUT2D eigenvalue weighted by molar-refractivity contribution is 5.93. The monoisotopic (exact) mass is 614 g/mol. The molecule has 0 spiro atoms. The van der Waals surface area contributed by atoms with Crippen LogP contribution in [-0.4, -0.2) is 34.3 Å². The maximum atomic E-state index is 14.0. The average molecular weight is 615 g/mol. The topological polar surface area (TPSA) is 110 Å². The number of ether oxygens (including phenoxy) is 2. The van der Waals surface area contributed by atoms with Crippen molar-refractivity contribution in [3.05, 3.63) is 65.5 Å². The second kappa shape index (κ2) is 14.7. The number of benzene rings is 2. The average Bonchev–Trinajstić information content (AvgIpc) is 3.41. The van der Waals surface area contributed by atoms with Gasteiger partial charge in [0.2, 0.25) is 11.7 Å². The van der Waals surface area contributed by atoms with Crippen molar-refractivity contribution in [1.82, 2.24) is 15.5 Å². The Morgan fingerprint density at radius 3 is 2.41 bits per heavy atom. The summed E-state index contributed by atoms with van der Waals surface area (Å²) in [6.07, 6.45) is 1.58. The second-order valence-corrected chi connectivity index (χ2v) is 12.3. The molecule has 1 amide bonds. The molecule has 1 aliphatic rings. The first-order chi connectivity index (χ1) is 20.9. The highest BCUT2D eigenvalue weighted by Gasteiger charge is 2.35. The van der Waals surface area contributed by atoms with Crippen LogP contribution in [0.2, 0.25) is 0 Å². The quantitative estimate of drug-likeness (QED) is 0.142. The number of aryl methyl sites for hydroxylation is 1. The van der Waals surface area contributed by atoms with Crippen molar-refractivity contribution in [3.8, 4) is 17.1 Å². The number of carbonyl (C=O) groups is 1. The summed E-state index contributed by atoms with van der Waals surface area (Å²) in [5.74, 6) is 0.726. The summed E-state index contributed by atoms with van der Waals surface area (Å²) in [5.41, 5.74) is -0.182. The Morgan fingerprint density at radius 2 is 1.75 bits per heavy atom. The molecule has 3 aromatic rings. The van der Waals surface area contributed by atoms with Gasteiger partial charge in [0.1, 0.15) is 17.2 Å². The van der Waals surface area contributed by atoms with Crippen molar-refractivity contribution in [2.45, 2.75) is 96.3 Å². The van der Waals surface area contributed by atoms with Gasteiger partial charge in [-0.25, -0.2) is 4.79 Å². The van der Waals surface area contributed by atoms with Gasteiger partial charge in [-0.2, -0.15) is 18.2 Å².